The molecule has 0 radical (unpaired) electrons. The van der Waals surface area contributed by atoms with Gasteiger partial charge in [0.1, 0.15) is 0 Å². The fraction of sp³-hybridized carbons (Fsp3) is 0.346. The lowest BCUT2D eigenvalue weighted by Gasteiger charge is -2.35. The van der Waals surface area contributed by atoms with Crippen LogP contribution in [0.25, 0.3) is 11.3 Å². The van der Waals surface area contributed by atoms with Crippen LogP contribution in [0.1, 0.15) is 11.1 Å². The summed E-state index contributed by atoms with van der Waals surface area (Å²) in [6.07, 6.45) is 0. The van der Waals surface area contributed by atoms with Crippen molar-refractivity contribution in [1.82, 2.24) is 15.1 Å². The Morgan fingerprint density at radius 1 is 0.857 bits per heavy atom. The number of aromatic nitrogens is 2. The number of benzene rings is 2. The van der Waals surface area contributed by atoms with E-state index in [1.165, 1.54) is 0 Å². The van der Waals surface area contributed by atoms with E-state index in [4.69, 9.17) is 14.2 Å². The van der Waals surface area contributed by atoms with Gasteiger partial charge >= 0.3 is 6.03 Å². The average molecular weight is 478 g/mol. The Labute approximate surface area is 205 Å². The second kappa shape index (κ2) is 10.5. The Balaban J connectivity index is 1.41. The highest BCUT2D eigenvalue weighted by molar-refractivity contribution is 5.90. The van der Waals surface area contributed by atoms with Gasteiger partial charge in [-0.2, -0.15) is 0 Å². The minimum Gasteiger partial charge on any atom is -0.493 e. The summed E-state index contributed by atoms with van der Waals surface area (Å²) in [7, 11) is 4.73. The summed E-state index contributed by atoms with van der Waals surface area (Å²) in [4.78, 5) is 16.7. The molecule has 0 aliphatic carbocycles. The van der Waals surface area contributed by atoms with Crippen molar-refractivity contribution in [2.45, 2.75) is 13.8 Å². The Morgan fingerprint density at radius 2 is 1.54 bits per heavy atom. The highest BCUT2D eigenvalue weighted by atomic mass is 16.5. The molecule has 0 unspecified atom stereocenters. The van der Waals surface area contributed by atoms with Crippen LogP contribution in [0.5, 0.6) is 17.2 Å². The van der Waals surface area contributed by atoms with Crippen LogP contribution in [-0.4, -0.2) is 68.6 Å². The van der Waals surface area contributed by atoms with Gasteiger partial charge in [0.15, 0.2) is 17.3 Å². The van der Waals surface area contributed by atoms with Gasteiger partial charge in [0.2, 0.25) is 5.75 Å². The first-order chi connectivity index (χ1) is 16.9. The topological polar surface area (TPSA) is 89.1 Å². The molecule has 2 aromatic carbocycles. The maximum absolute atomic E-state index is 12.8. The van der Waals surface area contributed by atoms with Gasteiger partial charge in [-0.15, -0.1) is 10.2 Å². The van der Waals surface area contributed by atoms with Crippen LogP contribution < -0.4 is 24.4 Å². The minimum absolute atomic E-state index is 0.0813. The molecule has 1 fully saturated rings. The van der Waals surface area contributed by atoms with E-state index in [0.717, 1.165) is 28.2 Å². The van der Waals surface area contributed by atoms with Crippen molar-refractivity contribution in [3.63, 3.8) is 0 Å². The molecule has 9 heteroatoms. The number of piperazine rings is 1. The number of nitrogens with zero attached hydrogens (tertiary/aromatic N) is 4. The third kappa shape index (κ3) is 5.24. The lowest BCUT2D eigenvalue weighted by molar-refractivity contribution is 0.208. The van der Waals surface area contributed by atoms with E-state index in [1.807, 2.05) is 61.2 Å². The fourth-order valence-electron chi connectivity index (χ4n) is 4.08. The molecule has 9 nitrogen and oxygen atoms in total. The number of urea groups is 1. The van der Waals surface area contributed by atoms with Crippen molar-refractivity contribution in [2.75, 3.05) is 57.7 Å². The zero-order valence-corrected chi connectivity index (χ0v) is 20.8. The summed E-state index contributed by atoms with van der Waals surface area (Å²) in [5, 5.41) is 11.9. The van der Waals surface area contributed by atoms with E-state index in [0.29, 0.717) is 49.1 Å². The lowest BCUT2D eigenvalue weighted by atomic mass is 10.1. The Bertz CT molecular complexity index is 1170. The predicted molar refractivity (Wildman–Crippen MR) is 136 cm³/mol. The zero-order valence-electron chi connectivity index (χ0n) is 20.8. The average Bonchev–Trinajstić information content (AvgIpc) is 2.90. The fourth-order valence-corrected chi connectivity index (χ4v) is 4.08. The number of ether oxygens (including phenoxy) is 3. The second-order valence-electron chi connectivity index (χ2n) is 8.41. The maximum Gasteiger partial charge on any atom is 0.321 e. The minimum atomic E-state index is -0.0813. The molecule has 0 bridgehead atoms. The molecule has 0 spiro atoms. The van der Waals surface area contributed by atoms with Crippen molar-refractivity contribution in [3.8, 4) is 28.5 Å². The number of methoxy groups -OCH3 is 3. The molecule has 3 aromatic rings. The van der Waals surface area contributed by atoms with Crippen LogP contribution in [0.3, 0.4) is 0 Å². The lowest BCUT2D eigenvalue weighted by Crippen LogP contribution is -2.50. The molecule has 4 rings (SSSR count). The zero-order chi connectivity index (χ0) is 24.9. The highest BCUT2D eigenvalue weighted by Crippen LogP contribution is 2.40. The van der Waals surface area contributed by atoms with Crippen molar-refractivity contribution in [2.24, 2.45) is 0 Å². The summed E-state index contributed by atoms with van der Waals surface area (Å²) < 4.78 is 16.3. The number of carbonyl (C=O) groups is 1. The molecule has 0 saturated carbocycles. The molecule has 35 heavy (non-hydrogen) atoms. The first kappa shape index (κ1) is 24.1. The van der Waals surface area contributed by atoms with Gasteiger partial charge in [0.25, 0.3) is 0 Å². The SMILES string of the molecule is COc1cc(-c2ccc(N3CCN(C(=O)Nc4cc(C)ccc4C)CC3)nn2)cc(OC)c1OC. The second-order valence-corrected chi connectivity index (χ2v) is 8.41. The molecule has 1 aliphatic heterocycles. The first-order valence-corrected chi connectivity index (χ1v) is 11.5. The predicted octanol–water partition coefficient (Wildman–Crippen LogP) is 4.14. The van der Waals surface area contributed by atoms with Gasteiger partial charge in [0, 0.05) is 37.4 Å². The molecule has 1 saturated heterocycles. The van der Waals surface area contributed by atoms with Crippen molar-refractivity contribution in [1.29, 1.82) is 0 Å². The number of amides is 2. The normalized spacial score (nSPS) is 13.4. The van der Waals surface area contributed by atoms with Crippen LogP contribution in [-0.2, 0) is 0 Å². The molecule has 1 aromatic heterocycles. The van der Waals surface area contributed by atoms with Crippen molar-refractivity contribution in [3.05, 3.63) is 53.6 Å². The molecule has 2 heterocycles. The number of rotatable bonds is 6. The Hall–Kier alpha value is -4.01. The van der Waals surface area contributed by atoms with Gasteiger partial charge in [-0.3, -0.25) is 0 Å². The third-order valence-electron chi connectivity index (χ3n) is 6.14. The van der Waals surface area contributed by atoms with Gasteiger partial charge in [-0.1, -0.05) is 12.1 Å². The van der Waals surface area contributed by atoms with E-state index in [-0.39, 0.29) is 6.03 Å². The van der Waals surface area contributed by atoms with E-state index >= 15 is 0 Å². The molecule has 184 valence electrons. The van der Waals surface area contributed by atoms with Crippen molar-refractivity contribution >= 4 is 17.5 Å². The Morgan fingerprint density at radius 3 is 2.11 bits per heavy atom. The number of aryl methyl sites for hydroxylation is 2. The van der Waals surface area contributed by atoms with E-state index in [9.17, 15) is 4.79 Å². The van der Waals surface area contributed by atoms with Crippen LogP contribution in [0.4, 0.5) is 16.3 Å². The first-order valence-electron chi connectivity index (χ1n) is 11.5. The van der Waals surface area contributed by atoms with E-state index in [2.05, 4.69) is 20.4 Å². The van der Waals surface area contributed by atoms with E-state index < -0.39 is 0 Å². The summed E-state index contributed by atoms with van der Waals surface area (Å²) in [5.41, 5.74) is 4.52. The summed E-state index contributed by atoms with van der Waals surface area (Å²) >= 11 is 0. The third-order valence-corrected chi connectivity index (χ3v) is 6.14. The largest absolute Gasteiger partial charge is 0.493 e. The van der Waals surface area contributed by atoms with Crippen molar-refractivity contribution < 1.29 is 19.0 Å². The standard InChI is InChI=1S/C26H31N5O4/c1-17-6-7-18(2)21(14-17)27-26(32)31-12-10-30(11-13-31)24-9-8-20(28-29-24)19-15-22(33-3)25(35-5)23(16-19)34-4/h6-9,14-16H,10-13H2,1-5H3,(H,27,32). The molecular formula is C26H31N5O4. The summed E-state index contributed by atoms with van der Waals surface area (Å²) in [6, 6.07) is 13.5. The summed E-state index contributed by atoms with van der Waals surface area (Å²) in [5.74, 6) is 2.42. The van der Waals surface area contributed by atoms with Crippen LogP contribution in [0.15, 0.2) is 42.5 Å². The molecule has 1 N–H and O–H groups in total. The van der Waals surface area contributed by atoms with E-state index in [1.54, 1.807) is 21.3 Å². The quantitative estimate of drug-likeness (QED) is 0.571. The van der Waals surface area contributed by atoms with Crippen LogP contribution in [0.2, 0.25) is 0 Å². The number of anilines is 2. The number of nitrogens with one attached hydrogen (secondary N) is 1. The van der Waals surface area contributed by atoms with Gasteiger partial charge in [0.05, 0.1) is 27.0 Å². The number of carbonyl (C=O) groups excluding carboxylic acids is 1. The Kier molecular flexibility index (Phi) is 7.24. The van der Waals surface area contributed by atoms with Crippen LogP contribution >= 0.6 is 0 Å². The molecular weight excluding hydrogens is 446 g/mol. The van der Waals surface area contributed by atoms with Gasteiger partial charge in [-0.25, -0.2) is 4.79 Å². The monoisotopic (exact) mass is 477 g/mol. The smallest absolute Gasteiger partial charge is 0.321 e. The summed E-state index contributed by atoms with van der Waals surface area (Å²) in [6.45, 7) is 6.58. The molecule has 0 atom stereocenters. The van der Waals surface area contributed by atoms with Gasteiger partial charge < -0.3 is 29.3 Å². The molecule has 1 aliphatic rings. The number of hydrogen-bond acceptors (Lipinski definition) is 7. The highest BCUT2D eigenvalue weighted by Gasteiger charge is 2.23. The number of hydrogen-bond donors (Lipinski definition) is 1. The molecule has 2 amide bonds. The van der Waals surface area contributed by atoms with Crippen LogP contribution in [0, 0.1) is 13.8 Å². The maximum atomic E-state index is 12.8. The van der Waals surface area contributed by atoms with Gasteiger partial charge in [-0.05, 0) is 55.3 Å².